The van der Waals surface area contributed by atoms with E-state index in [0.717, 1.165) is 49.2 Å². The quantitative estimate of drug-likeness (QED) is 0.388. The van der Waals surface area contributed by atoms with Crippen molar-refractivity contribution in [1.29, 1.82) is 0 Å². The number of aromatic nitrogens is 2. The van der Waals surface area contributed by atoms with Gasteiger partial charge in [0.05, 0.1) is 35.7 Å². The predicted octanol–water partition coefficient (Wildman–Crippen LogP) is 5.99. The summed E-state index contributed by atoms with van der Waals surface area (Å²) in [5.41, 5.74) is 0.254. The summed E-state index contributed by atoms with van der Waals surface area (Å²) in [6, 6.07) is 2.17. The molecule has 0 radical (unpaired) electrons. The average Bonchev–Trinajstić information content (AvgIpc) is 3.09. The molecular weight excluding hydrogens is 431 g/mol. The van der Waals surface area contributed by atoms with E-state index in [0.29, 0.717) is 19.6 Å². The average molecular weight is 473 g/mol. The highest BCUT2D eigenvalue weighted by Gasteiger charge is 2.56. The molecule has 1 N–H and O–H groups in total. The number of aliphatic hydroxyl groups excluding tert-OH is 1. The smallest absolute Gasteiger partial charge is 0.333 e. The summed E-state index contributed by atoms with van der Waals surface area (Å²) in [7, 11) is -1.29. The Morgan fingerprint density at radius 3 is 2.48 bits per heavy atom. The molecule has 0 spiro atoms. The minimum absolute atomic E-state index is 0.111. The highest BCUT2D eigenvalue weighted by atomic mass is 32.2. The lowest BCUT2D eigenvalue weighted by Gasteiger charge is -2.54. The zero-order valence-electron chi connectivity index (χ0n) is 20.1. The fourth-order valence-electron chi connectivity index (χ4n) is 6.16. The highest BCUT2D eigenvalue weighted by molar-refractivity contribution is 7.98. The van der Waals surface area contributed by atoms with Gasteiger partial charge in [-0.3, -0.25) is 9.25 Å². The van der Waals surface area contributed by atoms with Crippen molar-refractivity contribution in [1.82, 2.24) is 9.78 Å². The summed E-state index contributed by atoms with van der Waals surface area (Å²) in [6.45, 7) is 8.90. The van der Waals surface area contributed by atoms with Crippen molar-refractivity contribution in [2.24, 2.45) is 17.9 Å². The third-order valence-corrected chi connectivity index (χ3v) is 11.2. The fourth-order valence-corrected chi connectivity index (χ4v) is 9.03. The molecule has 2 aliphatic carbocycles. The van der Waals surface area contributed by atoms with Crippen LogP contribution in [0, 0.1) is 10.8 Å². The summed E-state index contributed by atoms with van der Waals surface area (Å²) in [4.78, 5) is 0. The topological polar surface area (TPSA) is 73.6 Å². The highest BCUT2D eigenvalue weighted by Crippen LogP contribution is 2.64. The van der Waals surface area contributed by atoms with E-state index in [1.54, 1.807) is 11.8 Å². The van der Waals surface area contributed by atoms with Crippen LogP contribution in [0.1, 0.15) is 84.3 Å². The standard InChI is InChI=1S/C23H41N2O4PS/c1-7-28-30(27,29-8-2)17-11-9-10-13-22(3)14-12-18(23(4,16-17)21(22)26)19-15-20(31-6)25(5)24-19/h15,17-18,21,26H,7-14,16H2,1-6H3. The normalized spacial score (nSPS) is 34.7. The van der Waals surface area contributed by atoms with Crippen LogP contribution < -0.4 is 0 Å². The van der Waals surface area contributed by atoms with E-state index in [9.17, 15) is 9.67 Å². The van der Waals surface area contributed by atoms with Gasteiger partial charge in [-0.25, -0.2) is 0 Å². The number of aryl methyl sites for hydroxylation is 1. The minimum atomic E-state index is -3.27. The number of aliphatic hydroxyl groups is 1. The van der Waals surface area contributed by atoms with Crippen LogP contribution in [-0.4, -0.2) is 46.1 Å². The summed E-state index contributed by atoms with van der Waals surface area (Å²) in [6.07, 6.45) is 7.98. The van der Waals surface area contributed by atoms with Crippen molar-refractivity contribution in [3.63, 3.8) is 0 Å². The molecule has 0 aliphatic heterocycles. The monoisotopic (exact) mass is 472 g/mol. The molecule has 2 aliphatic rings. The number of hydrogen-bond acceptors (Lipinski definition) is 6. The van der Waals surface area contributed by atoms with Crippen molar-refractivity contribution in [3.8, 4) is 0 Å². The first kappa shape index (κ1) is 25.3. The molecule has 1 heterocycles. The molecule has 2 saturated carbocycles. The van der Waals surface area contributed by atoms with Crippen LogP contribution in [0.4, 0.5) is 0 Å². The van der Waals surface area contributed by atoms with Gasteiger partial charge in [0.25, 0.3) is 0 Å². The molecule has 0 aromatic carbocycles. The van der Waals surface area contributed by atoms with E-state index in [2.05, 4.69) is 26.2 Å². The van der Waals surface area contributed by atoms with Crippen LogP contribution in [0.3, 0.4) is 0 Å². The molecule has 6 nitrogen and oxygen atoms in total. The lowest BCUT2D eigenvalue weighted by molar-refractivity contribution is -0.112. The third-order valence-electron chi connectivity index (χ3n) is 7.78. The largest absolute Gasteiger partial charge is 0.392 e. The second-order valence-corrected chi connectivity index (χ2v) is 13.0. The molecule has 0 saturated heterocycles. The van der Waals surface area contributed by atoms with Gasteiger partial charge in [-0.05, 0) is 63.7 Å². The lowest BCUT2D eigenvalue weighted by atomic mass is 9.53. The fraction of sp³-hybridized carbons (Fsp3) is 0.870. The van der Waals surface area contributed by atoms with Gasteiger partial charge in [0.1, 0.15) is 0 Å². The Labute approximate surface area is 192 Å². The number of nitrogens with zero attached hydrogens (tertiary/aromatic N) is 2. The molecule has 5 unspecified atom stereocenters. The SMILES string of the molecule is CCOP(=O)(OCC)C1CCCCC2(C)CCC(c3cc(SC)n(C)n3)C(C)(C1)C2O. The summed E-state index contributed by atoms with van der Waals surface area (Å²) < 4.78 is 27.4. The van der Waals surface area contributed by atoms with Crippen molar-refractivity contribution >= 4 is 19.4 Å². The molecule has 3 rings (SSSR count). The second kappa shape index (κ2) is 9.89. The van der Waals surface area contributed by atoms with Gasteiger partial charge in [0.15, 0.2) is 0 Å². The maximum absolute atomic E-state index is 13.8. The van der Waals surface area contributed by atoms with Crippen molar-refractivity contribution in [3.05, 3.63) is 11.8 Å². The molecule has 31 heavy (non-hydrogen) atoms. The molecule has 5 atom stereocenters. The van der Waals surface area contributed by atoms with Crippen molar-refractivity contribution in [2.45, 2.75) is 95.3 Å². The van der Waals surface area contributed by atoms with Crippen LogP contribution in [0.15, 0.2) is 11.1 Å². The molecule has 2 fully saturated rings. The van der Waals surface area contributed by atoms with Crippen LogP contribution in [0.5, 0.6) is 0 Å². The Morgan fingerprint density at radius 1 is 1.23 bits per heavy atom. The lowest BCUT2D eigenvalue weighted by Crippen LogP contribution is -2.53. The van der Waals surface area contributed by atoms with Crippen LogP contribution in [0.2, 0.25) is 0 Å². The minimum Gasteiger partial charge on any atom is -0.392 e. The molecule has 1 aromatic heterocycles. The molecule has 2 bridgehead atoms. The van der Waals surface area contributed by atoms with E-state index in [4.69, 9.17) is 14.1 Å². The van der Waals surface area contributed by atoms with E-state index in [1.807, 2.05) is 25.6 Å². The second-order valence-electron chi connectivity index (χ2n) is 9.87. The van der Waals surface area contributed by atoms with Gasteiger partial charge in [-0.1, -0.05) is 26.7 Å². The molecular formula is C23H41N2O4PS. The summed E-state index contributed by atoms with van der Waals surface area (Å²) >= 11 is 1.68. The maximum atomic E-state index is 13.8. The Kier molecular flexibility index (Phi) is 8.07. The van der Waals surface area contributed by atoms with Crippen LogP contribution >= 0.6 is 19.4 Å². The summed E-state index contributed by atoms with van der Waals surface area (Å²) in [5, 5.41) is 17.8. The molecule has 178 valence electrons. The number of rotatable bonds is 7. The van der Waals surface area contributed by atoms with Gasteiger partial charge in [-0.2, -0.15) is 5.10 Å². The van der Waals surface area contributed by atoms with Crippen LogP contribution in [0.25, 0.3) is 0 Å². The van der Waals surface area contributed by atoms with Crippen molar-refractivity contribution in [2.75, 3.05) is 19.5 Å². The molecule has 0 amide bonds. The Bertz CT molecular complexity index is 793. The van der Waals surface area contributed by atoms with E-state index in [1.165, 1.54) is 0 Å². The predicted molar refractivity (Wildman–Crippen MR) is 127 cm³/mol. The zero-order chi connectivity index (χ0) is 22.9. The zero-order valence-corrected chi connectivity index (χ0v) is 21.8. The maximum Gasteiger partial charge on any atom is 0.333 e. The first-order valence-corrected chi connectivity index (χ1v) is 14.6. The Balaban J connectivity index is 2.06. The summed E-state index contributed by atoms with van der Waals surface area (Å²) in [5.74, 6) is 0.111. The van der Waals surface area contributed by atoms with Gasteiger partial charge in [-0.15, -0.1) is 11.8 Å². The molecule has 1 aromatic rings. The van der Waals surface area contributed by atoms with E-state index >= 15 is 0 Å². The third kappa shape index (κ3) is 4.82. The van der Waals surface area contributed by atoms with Gasteiger partial charge in [0.2, 0.25) is 0 Å². The van der Waals surface area contributed by atoms with E-state index in [-0.39, 0.29) is 17.0 Å². The number of fused-ring (bicyclic) bond motifs is 2. The molecule has 8 heteroatoms. The number of thioether (sulfide) groups is 1. The van der Waals surface area contributed by atoms with Crippen molar-refractivity contribution < 1.29 is 18.7 Å². The van der Waals surface area contributed by atoms with Gasteiger partial charge in [0, 0.05) is 18.4 Å². The number of hydrogen-bond donors (Lipinski definition) is 1. The first-order chi connectivity index (χ1) is 14.6. The Morgan fingerprint density at radius 2 is 1.90 bits per heavy atom. The first-order valence-electron chi connectivity index (χ1n) is 11.8. The Hall–Kier alpha value is -0.330. The van der Waals surface area contributed by atoms with Gasteiger partial charge < -0.3 is 14.2 Å². The van der Waals surface area contributed by atoms with Gasteiger partial charge >= 0.3 is 7.60 Å². The van der Waals surface area contributed by atoms with E-state index < -0.39 is 19.1 Å². The van der Waals surface area contributed by atoms with Crippen LogP contribution in [-0.2, 0) is 20.7 Å².